The van der Waals surface area contributed by atoms with Gasteiger partial charge in [-0.05, 0) is 49.1 Å². The number of alkyl halides is 3. The lowest BCUT2D eigenvalue weighted by atomic mass is 9.92. The maximum absolute atomic E-state index is 13.4. The van der Waals surface area contributed by atoms with E-state index < -0.39 is 11.7 Å². The smallest absolute Gasteiger partial charge is 0.416 e. The monoisotopic (exact) mass is 513 g/mol. The zero-order chi connectivity index (χ0) is 25.6. The van der Waals surface area contributed by atoms with Crippen LogP contribution in [0.15, 0.2) is 36.5 Å². The Kier molecular flexibility index (Phi) is 6.16. The first kappa shape index (κ1) is 24.0. The predicted octanol–water partition coefficient (Wildman–Crippen LogP) is 4.74. The van der Waals surface area contributed by atoms with E-state index in [0.29, 0.717) is 29.2 Å². The number of anilines is 2. The minimum absolute atomic E-state index is 0.208. The molecule has 2 aromatic heterocycles. The summed E-state index contributed by atoms with van der Waals surface area (Å²) in [4.78, 5) is 7.21. The zero-order valence-electron chi connectivity index (χ0n) is 20.7. The molecule has 11 heteroatoms. The Hall–Kier alpha value is -3.37. The van der Waals surface area contributed by atoms with Crippen molar-refractivity contribution in [3.05, 3.63) is 53.5 Å². The van der Waals surface area contributed by atoms with Gasteiger partial charge in [0.05, 0.1) is 24.6 Å². The summed E-state index contributed by atoms with van der Waals surface area (Å²) < 4.78 is 47.2. The average Bonchev–Trinajstić information content (AvgIpc) is 3.30. The Morgan fingerprint density at radius 1 is 1.05 bits per heavy atom. The van der Waals surface area contributed by atoms with Gasteiger partial charge in [0.25, 0.3) is 0 Å². The summed E-state index contributed by atoms with van der Waals surface area (Å²) >= 11 is 0. The summed E-state index contributed by atoms with van der Waals surface area (Å²) in [6.07, 6.45) is 2.25. The van der Waals surface area contributed by atoms with Crippen molar-refractivity contribution in [1.82, 2.24) is 25.0 Å². The van der Waals surface area contributed by atoms with Gasteiger partial charge in [-0.3, -0.25) is 0 Å². The SMILES string of the molecule is COc1cc(N2C[C@H]3CC[C@H](C2)C3Nc2nc3n(n2)CCCCC3c2cccc(C(F)(F)F)c2)cnn1. The molecule has 8 nitrogen and oxygen atoms in total. The maximum Gasteiger partial charge on any atom is 0.416 e. The molecule has 1 saturated heterocycles. The number of halogens is 3. The molecule has 1 aliphatic carbocycles. The van der Waals surface area contributed by atoms with E-state index in [-0.39, 0.29) is 12.0 Å². The van der Waals surface area contributed by atoms with E-state index in [1.807, 2.05) is 10.7 Å². The van der Waals surface area contributed by atoms with Crippen molar-refractivity contribution < 1.29 is 17.9 Å². The van der Waals surface area contributed by atoms with Gasteiger partial charge >= 0.3 is 6.18 Å². The van der Waals surface area contributed by atoms with Crippen LogP contribution in [0.25, 0.3) is 0 Å². The third-order valence-corrected chi connectivity index (χ3v) is 8.06. The molecular formula is C26H30F3N7O. The van der Waals surface area contributed by atoms with Crippen LogP contribution in [-0.4, -0.2) is 51.2 Å². The maximum atomic E-state index is 13.4. The molecule has 1 unspecified atom stereocenters. The third kappa shape index (κ3) is 4.71. The number of ether oxygens (including phenoxy) is 1. The lowest BCUT2D eigenvalue weighted by Crippen LogP contribution is -2.48. The minimum atomic E-state index is -4.37. The molecule has 0 amide bonds. The van der Waals surface area contributed by atoms with Crippen LogP contribution >= 0.6 is 0 Å². The van der Waals surface area contributed by atoms with Crippen molar-refractivity contribution in [3.8, 4) is 5.88 Å². The number of nitrogens with one attached hydrogen (secondary N) is 1. The van der Waals surface area contributed by atoms with Crippen molar-refractivity contribution in [2.45, 2.75) is 56.8 Å². The van der Waals surface area contributed by atoms with E-state index >= 15 is 0 Å². The van der Waals surface area contributed by atoms with E-state index in [1.54, 1.807) is 19.4 Å². The van der Waals surface area contributed by atoms with Gasteiger partial charge < -0.3 is 15.0 Å². The van der Waals surface area contributed by atoms with Gasteiger partial charge in [-0.25, -0.2) is 4.68 Å². The minimum Gasteiger partial charge on any atom is -0.480 e. The quantitative estimate of drug-likeness (QED) is 0.528. The van der Waals surface area contributed by atoms with Crippen LogP contribution in [0.4, 0.5) is 24.8 Å². The number of piperidine rings is 1. The van der Waals surface area contributed by atoms with Gasteiger partial charge in [-0.1, -0.05) is 24.6 Å². The molecule has 3 atom stereocenters. The molecule has 37 heavy (non-hydrogen) atoms. The van der Waals surface area contributed by atoms with E-state index in [0.717, 1.165) is 69.3 Å². The molecule has 2 fully saturated rings. The second kappa shape index (κ2) is 9.50. The van der Waals surface area contributed by atoms with E-state index in [1.165, 1.54) is 12.1 Å². The number of fused-ring (bicyclic) bond motifs is 3. The van der Waals surface area contributed by atoms with Crippen molar-refractivity contribution in [1.29, 1.82) is 0 Å². The fraction of sp³-hybridized carbons (Fsp3) is 0.538. The highest BCUT2D eigenvalue weighted by molar-refractivity contribution is 5.48. The molecular weight excluding hydrogens is 483 g/mol. The second-order valence-corrected chi connectivity index (χ2v) is 10.3. The Labute approximate surface area is 213 Å². The Bertz CT molecular complexity index is 1250. The van der Waals surface area contributed by atoms with Crippen molar-refractivity contribution in [3.63, 3.8) is 0 Å². The highest BCUT2D eigenvalue weighted by Crippen LogP contribution is 2.41. The number of hydrogen-bond acceptors (Lipinski definition) is 7. The molecule has 1 saturated carbocycles. The first-order valence-corrected chi connectivity index (χ1v) is 12.9. The molecule has 2 bridgehead atoms. The topological polar surface area (TPSA) is 81.0 Å². The standard InChI is InChI=1S/C26H30F3N7O/c1-37-22-12-20(13-30-33-22)35-14-17-8-9-18(15-35)23(17)31-25-32-24-21(7-2-3-10-36(24)34-25)16-5-4-6-19(11-16)26(27,28)29/h4-6,11-13,17-18,21,23H,2-3,7-10,14-15H2,1H3,(H,31,34)/t17-,18-,21?/m1/s1. The number of nitrogens with zero attached hydrogens (tertiary/aromatic N) is 6. The predicted molar refractivity (Wildman–Crippen MR) is 132 cm³/mol. The van der Waals surface area contributed by atoms with E-state index in [2.05, 4.69) is 20.4 Å². The normalized spacial score (nSPS) is 25.5. The summed E-state index contributed by atoms with van der Waals surface area (Å²) in [7, 11) is 1.59. The van der Waals surface area contributed by atoms with Crippen LogP contribution in [-0.2, 0) is 12.7 Å². The van der Waals surface area contributed by atoms with E-state index in [9.17, 15) is 13.2 Å². The number of methoxy groups -OCH3 is 1. The van der Waals surface area contributed by atoms with Crippen LogP contribution in [0.5, 0.6) is 5.88 Å². The van der Waals surface area contributed by atoms with Crippen LogP contribution < -0.4 is 15.0 Å². The summed E-state index contributed by atoms with van der Waals surface area (Å²) in [6, 6.07) is 7.83. The van der Waals surface area contributed by atoms with Crippen molar-refractivity contribution in [2.24, 2.45) is 11.8 Å². The summed E-state index contributed by atoms with van der Waals surface area (Å²) in [5.74, 6) is 2.49. The summed E-state index contributed by atoms with van der Waals surface area (Å²) in [5.41, 5.74) is 1.04. The largest absolute Gasteiger partial charge is 0.480 e. The Morgan fingerprint density at radius 3 is 2.62 bits per heavy atom. The first-order valence-electron chi connectivity index (χ1n) is 12.9. The number of benzene rings is 1. The summed E-state index contributed by atoms with van der Waals surface area (Å²) in [5, 5.41) is 16.4. The van der Waals surface area contributed by atoms with Gasteiger partial charge in [0.2, 0.25) is 11.8 Å². The van der Waals surface area contributed by atoms with Gasteiger partial charge in [-0.15, -0.1) is 10.2 Å². The molecule has 3 aromatic rings. The fourth-order valence-electron chi connectivity index (χ4n) is 6.25. The molecule has 0 radical (unpaired) electrons. The van der Waals surface area contributed by atoms with Crippen molar-refractivity contribution >= 4 is 11.6 Å². The van der Waals surface area contributed by atoms with Gasteiger partial charge in [-0.2, -0.15) is 23.3 Å². The third-order valence-electron chi connectivity index (χ3n) is 8.06. The van der Waals surface area contributed by atoms with Crippen LogP contribution in [0.1, 0.15) is 55.0 Å². The molecule has 1 N–H and O–H groups in total. The number of aryl methyl sites for hydroxylation is 1. The van der Waals surface area contributed by atoms with E-state index in [4.69, 9.17) is 14.8 Å². The van der Waals surface area contributed by atoms with Gasteiger partial charge in [0, 0.05) is 37.7 Å². The lowest BCUT2D eigenvalue weighted by molar-refractivity contribution is -0.137. The molecule has 2 aliphatic heterocycles. The molecule has 3 aliphatic rings. The second-order valence-electron chi connectivity index (χ2n) is 10.3. The highest BCUT2D eigenvalue weighted by atomic mass is 19.4. The zero-order valence-corrected chi connectivity index (χ0v) is 20.7. The molecule has 196 valence electrons. The van der Waals surface area contributed by atoms with Crippen molar-refractivity contribution in [2.75, 3.05) is 30.4 Å². The fourth-order valence-corrected chi connectivity index (χ4v) is 6.25. The molecule has 6 rings (SSSR count). The Morgan fingerprint density at radius 2 is 1.86 bits per heavy atom. The van der Waals surface area contributed by atoms with Crippen LogP contribution in [0.2, 0.25) is 0 Å². The molecule has 4 heterocycles. The number of hydrogen-bond donors (Lipinski definition) is 1. The lowest BCUT2D eigenvalue weighted by Gasteiger charge is -2.39. The first-order chi connectivity index (χ1) is 17.9. The van der Waals surface area contributed by atoms with Gasteiger partial charge in [0.15, 0.2) is 0 Å². The Balaban J connectivity index is 1.21. The van der Waals surface area contributed by atoms with Gasteiger partial charge in [0.1, 0.15) is 5.82 Å². The molecule has 0 spiro atoms. The number of rotatable bonds is 5. The number of aromatic nitrogens is 5. The molecule has 1 aromatic carbocycles. The average molecular weight is 514 g/mol. The van der Waals surface area contributed by atoms with Crippen LogP contribution in [0.3, 0.4) is 0 Å². The van der Waals surface area contributed by atoms with Crippen LogP contribution in [0, 0.1) is 11.8 Å². The highest BCUT2D eigenvalue weighted by Gasteiger charge is 2.43. The summed E-state index contributed by atoms with van der Waals surface area (Å²) in [6.45, 7) is 2.51.